The number of carbonyl (C=O) groups is 3. The molecule has 0 spiro atoms. The van der Waals surface area contributed by atoms with E-state index in [9.17, 15) is 14.4 Å². The Bertz CT molecular complexity index is 758. The van der Waals surface area contributed by atoms with E-state index in [-0.39, 0.29) is 37.4 Å². The van der Waals surface area contributed by atoms with Crippen molar-refractivity contribution >= 4 is 23.4 Å². The summed E-state index contributed by atoms with van der Waals surface area (Å²) in [6, 6.07) is 10.3. The molecule has 0 saturated carbocycles. The van der Waals surface area contributed by atoms with Gasteiger partial charge >= 0.3 is 0 Å². The molecule has 3 N–H and O–H groups in total. The Labute approximate surface area is 151 Å². The van der Waals surface area contributed by atoms with Crippen LogP contribution in [0.2, 0.25) is 0 Å². The molecule has 2 aromatic rings. The van der Waals surface area contributed by atoms with Gasteiger partial charge < -0.3 is 20.0 Å². The first-order valence-corrected chi connectivity index (χ1v) is 8.10. The lowest BCUT2D eigenvalue weighted by Crippen LogP contribution is -2.40. The number of anilines is 1. The number of nitrogens with one attached hydrogen (secondary N) is 3. The molecule has 0 aliphatic carbocycles. The normalized spacial score (nSPS) is 10.2. The lowest BCUT2D eigenvalue weighted by molar-refractivity contribution is -0.120. The summed E-state index contributed by atoms with van der Waals surface area (Å²) >= 11 is 0. The molecule has 1 aromatic heterocycles. The van der Waals surface area contributed by atoms with Crippen LogP contribution in [0.5, 0.6) is 0 Å². The molecule has 0 fully saturated rings. The van der Waals surface area contributed by atoms with Gasteiger partial charge in [0.2, 0.25) is 11.8 Å². The molecule has 0 aliphatic heterocycles. The van der Waals surface area contributed by atoms with Gasteiger partial charge in [-0.2, -0.15) is 0 Å². The number of hydrogen-bond donors (Lipinski definition) is 3. The third-order valence-corrected chi connectivity index (χ3v) is 3.73. The summed E-state index contributed by atoms with van der Waals surface area (Å²) in [6.07, 6.45) is 1.54. The maximum atomic E-state index is 12.5. The highest BCUT2D eigenvalue weighted by atomic mass is 16.3. The molecule has 0 bridgehead atoms. The highest BCUT2D eigenvalue weighted by Crippen LogP contribution is 2.19. The Morgan fingerprint density at radius 3 is 2.54 bits per heavy atom. The lowest BCUT2D eigenvalue weighted by atomic mass is 10.1. The van der Waals surface area contributed by atoms with Crippen LogP contribution in [0.15, 0.2) is 47.1 Å². The van der Waals surface area contributed by atoms with Crippen LogP contribution >= 0.6 is 0 Å². The fraction of sp³-hybridized carbons (Fsp3) is 0.278. The quantitative estimate of drug-likeness (QED) is 0.638. The largest absolute Gasteiger partial charge is 0.467 e. The van der Waals surface area contributed by atoms with Gasteiger partial charge in [0, 0.05) is 14.1 Å². The van der Waals surface area contributed by atoms with Crippen molar-refractivity contribution in [2.24, 2.45) is 0 Å². The summed E-state index contributed by atoms with van der Waals surface area (Å²) in [7, 11) is 3.11. The van der Waals surface area contributed by atoms with Crippen LogP contribution in [0.4, 0.5) is 5.69 Å². The van der Waals surface area contributed by atoms with Gasteiger partial charge in [0.25, 0.3) is 5.91 Å². The van der Waals surface area contributed by atoms with Crippen LogP contribution in [0.3, 0.4) is 0 Å². The predicted octanol–water partition coefficient (Wildman–Crippen LogP) is 0.508. The molecular formula is C18H22N4O4. The predicted molar refractivity (Wildman–Crippen MR) is 96.7 cm³/mol. The number of nitrogens with zero attached hydrogens (tertiary/aromatic N) is 1. The third-order valence-electron chi connectivity index (χ3n) is 3.73. The van der Waals surface area contributed by atoms with E-state index in [4.69, 9.17) is 4.42 Å². The number of carbonyl (C=O) groups excluding carboxylic acids is 3. The monoisotopic (exact) mass is 358 g/mol. The van der Waals surface area contributed by atoms with Crippen LogP contribution in [0, 0.1) is 0 Å². The zero-order chi connectivity index (χ0) is 18.9. The van der Waals surface area contributed by atoms with Crippen LogP contribution in [0.25, 0.3) is 0 Å². The van der Waals surface area contributed by atoms with Gasteiger partial charge in [-0.05, 0) is 24.3 Å². The molecule has 0 radical (unpaired) electrons. The van der Waals surface area contributed by atoms with E-state index in [0.29, 0.717) is 17.0 Å². The SMILES string of the molecule is CNC(=O)CNCC(=O)N(C)c1ccccc1C(=O)NCc1ccco1. The summed E-state index contributed by atoms with van der Waals surface area (Å²) < 4.78 is 5.19. The zero-order valence-electron chi connectivity index (χ0n) is 14.7. The van der Waals surface area contributed by atoms with Crippen LogP contribution in [-0.4, -0.2) is 44.9 Å². The van der Waals surface area contributed by atoms with Gasteiger partial charge in [-0.25, -0.2) is 0 Å². The van der Waals surface area contributed by atoms with Gasteiger partial charge in [-0.3, -0.25) is 19.7 Å². The minimum Gasteiger partial charge on any atom is -0.467 e. The molecule has 8 nitrogen and oxygen atoms in total. The Morgan fingerprint density at radius 1 is 1.08 bits per heavy atom. The molecule has 3 amide bonds. The van der Waals surface area contributed by atoms with E-state index in [1.807, 2.05) is 0 Å². The maximum absolute atomic E-state index is 12.5. The summed E-state index contributed by atoms with van der Waals surface area (Å²) in [6.45, 7) is 0.277. The number of rotatable bonds is 8. The standard InChI is InChI=1S/C18H22N4O4/c1-19-16(23)11-20-12-17(24)22(2)15-8-4-3-7-14(15)18(25)21-10-13-6-5-9-26-13/h3-9,20H,10-12H2,1-2H3,(H,19,23)(H,21,25). The van der Waals surface area contributed by atoms with Crippen molar-refractivity contribution in [1.82, 2.24) is 16.0 Å². The molecule has 2 rings (SSSR count). The maximum Gasteiger partial charge on any atom is 0.253 e. The molecule has 26 heavy (non-hydrogen) atoms. The number of benzene rings is 1. The van der Waals surface area contributed by atoms with Crippen molar-refractivity contribution < 1.29 is 18.8 Å². The Morgan fingerprint density at radius 2 is 1.85 bits per heavy atom. The minimum atomic E-state index is -0.310. The second-order valence-electron chi connectivity index (χ2n) is 5.51. The second kappa shape index (κ2) is 9.38. The van der Waals surface area contributed by atoms with E-state index >= 15 is 0 Å². The molecule has 1 aromatic carbocycles. The van der Waals surface area contributed by atoms with E-state index in [2.05, 4.69) is 16.0 Å². The first-order valence-electron chi connectivity index (χ1n) is 8.10. The fourth-order valence-corrected chi connectivity index (χ4v) is 2.26. The molecule has 0 aliphatic rings. The van der Waals surface area contributed by atoms with E-state index in [0.717, 1.165) is 0 Å². The van der Waals surface area contributed by atoms with Crippen molar-refractivity contribution in [3.8, 4) is 0 Å². The Kier molecular flexibility index (Phi) is 6.92. The molecule has 8 heteroatoms. The van der Waals surface area contributed by atoms with Gasteiger partial charge in [-0.15, -0.1) is 0 Å². The molecule has 0 unspecified atom stereocenters. The van der Waals surface area contributed by atoms with Crippen molar-refractivity contribution in [3.05, 3.63) is 54.0 Å². The number of amides is 3. The van der Waals surface area contributed by atoms with Crippen molar-refractivity contribution in [2.75, 3.05) is 32.1 Å². The highest BCUT2D eigenvalue weighted by Gasteiger charge is 2.18. The average molecular weight is 358 g/mol. The van der Waals surface area contributed by atoms with Crippen molar-refractivity contribution in [1.29, 1.82) is 0 Å². The first kappa shape index (κ1) is 19.2. The number of para-hydroxylation sites is 1. The Balaban J connectivity index is 2.00. The van der Waals surface area contributed by atoms with Crippen LogP contribution in [0.1, 0.15) is 16.1 Å². The fourth-order valence-electron chi connectivity index (χ4n) is 2.26. The van der Waals surface area contributed by atoms with E-state index in [1.165, 1.54) is 18.2 Å². The molecular weight excluding hydrogens is 336 g/mol. The lowest BCUT2D eigenvalue weighted by Gasteiger charge is -2.20. The van der Waals surface area contributed by atoms with Gasteiger partial charge in [0.15, 0.2) is 0 Å². The molecule has 138 valence electrons. The van der Waals surface area contributed by atoms with Gasteiger partial charge in [0.05, 0.1) is 37.1 Å². The van der Waals surface area contributed by atoms with Gasteiger partial charge in [-0.1, -0.05) is 12.1 Å². The smallest absolute Gasteiger partial charge is 0.253 e. The minimum absolute atomic E-state index is 0.0216. The topological polar surface area (TPSA) is 104 Å². The first-order chi connectivity index (χ1) is 12.5. The number of likely N-dealkylation sites (N-methyl/N-ethyl adjacent to an activating group) is 2. The van der Waals surface area contributed by atoms with Crippen molar-refractivity contribution in [3.63, 3.8) is 0 Å². The van der Waals surface area contributed by atoms with Crippen molar-refractivity contribution in [2.45, 2.75) is 6.54 Å². The Hall–Kier alpha value is -3.13. The summed E-state index contributed by atoms with van der Waals surface area (Å²) in [5.41, 5.74) is 0.859. The van der Waals surface area contributed by atoms with Crippen LogP contribution in [-0.2, 0) is 16.1 Å². The average Bonchev–Trinajstić information content (AvgIpc) is 3.18. The summed E-state index contributed by atoms with van der Waals surface area (Å²) in [5, 5.41) is 7.99. The summed E-state index contributed by atoms with van der Waals surface area (Å²) in [4.78, 5) is 37.4. The van der Waals surface area contributed by atoms with E-state index < -0.39 is 0 Å². The summed E-state index contributed by atoms with van der Waals surface area (Å²) in [5.74, 6) is -0.146. The second-order valence-corrected chi connectivity index (χ2v) is 5.51. The number of furan rings is 1. The third kappa shape index (κ3) is 5.18. The molecule has 1 heterocycles. The zero-order valence-corrected chi connectivity index (χ0v) is 14.7. The molecule has 0 saturated heterocycles. The van der Waals surface area contributed by atoms with E-state index in [1.54, 1.807) is 43.4 Å². The highest BCUT2D eigenvalue weighted by molar-refractivity contribution is 6.05. The molecule has 0 atom stereocenters. The number of hydrogen-bond acceptors (Lipinski definition) is 5. The van der Waals surface area contributed by atoms with Gasteiger partial charge in [0.1, 0.15) is 5.76 Å². The van der Waals surface area contributed by atoms with Crippen LogP contribution < -0.4 is 20.9 Å².